The van der Waals surface area contributed by atoms with Crippen molar-refractivity contribution < 1.29 is 18.1 Å². The Morgan fingerprint density at radius 1 is 1.27 bits per heavy atom. The number of benzene rings is 1. The molecule has 0 atom stereocenters. The fourth-order valence-corrected chi connectivity index (χ4v) is 2.93. The van der Waals surface area contributed by atoms with E-state index in [9.17, 15) is 18.5 Å². The van der Waals surface area contributed by atoms with Gasteiger partial charge in [-0.05, 0) is 12.5 Å². The van der Waals surface area contributed by atoms with Crippen molar-refractivity contribution in [3.05, 3.63) is 34.4 Å². The highest BCUT2D eigenvalue weighted by Crippen LogP contribution is 2.16. The maximum Gasteiger partial charge on any atom is 0.270 e. The first-order valence-corrected chi connectivity index (χ1v) is 9.06. The number of guanidine groups is 1. The quantitative estimate of drug-likeness (QED) is 0.107. The zero-order chi connectivity index (χ0) is 18.7. The maximum atomic E-state index is 12.1. The topological polar surface area (TPSA) is 135 Å². The third kappa shape index (κ3) is 8.73. The molecule has 12 heteroatoms. The van der Waals surface area contributed by atoms with E-state index in [0.29, 0.717) is 25.7 Å². The summed E-state index contributed by atoms with van der Waals surface area (Å²) in [6.07, 6.45) is 0.816. The van der Waals surface area contributed by atoms with Crippen LogP contribution in [-0.4, -0.2) is 59.7 Å². The van der Waals surface area contributed by atoms with Crippen molar-refractivity contribution in [2.24, 2.45) is 4.99 Å². The van der Waals surface area contributed by atoms with Crippen LogP contribution in [0.4, 0.5) is 5.69 Å². The van der Waals surface area contributed by atoms with Gasteiger partial charge in [0.05, 0.1) is 9.82 Å². The fraction of sp³-hybridized carbons (Fsp3) is 0.500. The first-order chi connectivity index (χ1) is 11.9. The molecule has 0 fully saturated rings. The Morgan fingerprint density at radius 3 is 2.58 bits per heavy atom. The summed E-state index contributed by atoms with van der Waals surface area (Å²) in [6.45, 7) is 1.71. The molecule has 1 aromatic carbocycles. The SMILES string of the molecule is CN=C(NCCCOC)NCCNS(=O)(=O)c1cccc([N+](=O)[O-])c1.I. The second kappa shape index (κ2) is 12.8. The highest BCUT2D eigenvalue weighted by Gasteiger charge is 2.16. The zero-order valence-electron chi connectivity index (χ0n) is 14.6. The van der Waals surface area contributed by atoms with Crippen LogP contribution < -0.4 is 15.4 Å². The molecule has 1 aromatic rings. The Labute approximate surface area is 170 Å². The molecule has 0 aromatic heterocycles. The van der Waals surface area contributed by atoms with Gasteiger partial charge in [-0.2, -0.15) is 0 Å². The van der Waals surface area contributed by atoms with E-state index in [-0.39, 0.29) is 41.1 Å². The largest absolute Gasteiger partial charge is 0.385 e. The number of sulfonamides is 1. The lowest BCUT2D eigenvalue weighted by Crippen LogP contribution is -2.41. The summed E-state index contributed by atoms with van der Waals surface area (Å²) in [7, 11) is -0.581. The fourth-order valence-electron chi connectivity index (χ4n) is 1.86. The molecule has 1 rings (SSSR count). The predicted octanol–water partition coefficient (Wildman–Crippen LogP) is 0.693. The van der Waals surface area contributed by atoms with Crippen molar-refractivity contribution in [1.29, 1.82) is 0 Å². The number of ether oxygens (including phenoxy) is 1. The summed E-state index contributed by atoms with van der Waals surface area (Å²) in [6, 6.07) is 4.89. The molecule has 0 aliphatic carbocycles. The highest BCUT2D eigenvalue weighted by atomic mass is 127. The number of rotatable bonds is 10. The summed E-state index contributed by atoms with van der Waals surface area (Å²) in [5.41, 5.74) is -0.276. The van der Waals surface area contributed by atoms with Crippen LogP contribution in [-0.2, 0) is 14.8 Å². The summed E-state index contributed by atoms with van der Waals surface area (Å²) >= 11 is 0. The van der Waals surface area contributed by atoms with Gasteiger partial charge in [-0.3, -0.25) is 15.1 Å². The number of hydrogen-bond donors (Lipinski definition) is 3. The molecule has 0 amide bonds. The molecule has 0 aliphatic heterocycles. The lowest BCUT2D eigenvalue weighted by atomic mass is 10.3. The predicted molar refractivity (Wildman–Crippen MR) is 110 cm³/mol. The number of methoxy groups -OCH3 is 1. The van der Waals surface area contributed by atoms with E-state index in [0.717, 1.165) is 12.5 Å². The van der Waals surface area contributed by atoms with E-state index in [1.165, 1.54) is 18.2 Å². The lowest BCUT2D eigenvalue weighted by Gasteiger charge is -2.12. The average Bonchev–Trinajstić information content (AvgIpc) is 2.60. The van der Waals surface area contributed by atoms with Crippen molar-refractivity contribution in [2.45, 2.75) is 11.3 Å². The van der Waals surface area contributed by atoms with Gasteiger partial charge in [-0.25, -0.2) is 13.1 Å². The number of nitrogens with zero attached hydrogens (tertiary/aromatic N) is 2. The zero-order valence-corrected chi connectivity index (χ0v) is 17.7. The van der Waals surface area contributed by atoms with Gasteiger partial charge < -0.3 is 15.4 Å². The first kappa shape index (κ1) is 24.5. The smallest absolute Gasteiger partial charge is 0.270 e. The molecule has 0 aliphatic rings. The van der Waals surface area contributed by atoms with Crippen LogP contribution in [0.1, 0.15) is 6.42 Å². The molecule has 0 heterocycles. The molecule has 148 valence electrons. The molecular weight excluding hydrogens is 477 g/mol. The molecule has 0 bridgehead atoms. The van der Waals surface area contributed by atoms with Crippen LogP contribution in [0.2, 0.25) is 0 Å². The lowest BCUT2D eigenvalue weighted by molar-refractivity contribution is -0.385. The Kier molecular flexibility index (Phi) is 12.0. The van der Waals surface area contributed by atoms with Crippen LogP contribution in [0.15, 0.2) is 34.2 Å². The van der Waals surface area contributed by atoms with Crippen molar-refractivity contribution in [2.75, 3.05) is 40.4 Å². The number of nitro groups is 1. The van der Waals surface area contributed by atoms with Gasteiger partial charge in [-0.15, -0.1) is 24.0 Å². The minimum absolute atomic E-state index is 0. The summed E-state index contributed by atoms with van der Waals surface area (Å²) in [5.74, 6) is 0.547. The van der Waals surface area contributed by atoms with E-state index < -0.39 is 14.9 Å². The second-order valence-corrected chi connectivity index (χ2v) is 6.69. The van der Waals surface area contributed by atoms with Crippen LogP contribution in [0, 0.1) is 10.1 Å². The number of nitro benzene ring substituents is 1. The monoisotopic (exact) mass is 501 g/mol. The second-order valence-electron chi connectivity index (χ2n) is 4.92. The van der Waals surface area contributed by atoms with Gasteiger partial charge in [0, 0.05) is 52.5 Å². The maximum absolute atomic E-state index is 12.1. The Balaban J connectivity index is 0.00000625. The summed E-state index contributed by atoms with van der Waals surface area (Å²) in [4.78, 5) is 14.0. The minimum atomic E-state index is -3.82. The van der Waals surface area contributed by atoms with E-state index in [1.807, 2.05) is 0 Å². The van der Waals surface area contributed by atoms with Crippen molar-refractivity contribution in [1.82, 2.24) is 15.4 Å². The van der Waals surface area contributed by atoms with Crippen molar-refractivity contribution in [3.8, 4) is 0 Å². The van der Waals surface area contributed by atoms with Gasteiger partial charge in [0.15, 0.2) is 5.96 Å². The standard InChI is InChI=1S/C14H23N5O5S.HI/c1-15-14(16-7-4-10-24-2)17-8-9-18-25(22,23)13-6-3-5-12(11-13)19(20)21;/h3,5-6,11,18H,4,7-10H2,1-2H3,(H2,15,16,17);1H. The molecule has 0 saturated heterocycles. The van der Waals surface area contributed by atoms with E-state index in [2.05, 4.69) is 20.3 Å². The minimum Gasteiger partial charge on any atom is -0.385 e. The van der Waals surface area contributed by atoms with Crippen molar-refractivity contribution in [3.63, 3.8) is 0 Å². The highest BCUT2D eigenvalue weighted by molar-refractivity contribution is 14.0. The number of hydrogen-bond acceptors (Lipinski definition) is 6. The Hall–Kier alpha value is -1.51. The Bertz CT molecular complexity index is 699. The normalized spacial score (nSPS) is 11.5. The molecule has 0 spiro atoms. The number of nitrogens with one attached hydrogen (secondary N) is 3. The Morgan fingerprint density at radius 2 is 1.96 bits per heavy atom. The molecule has 0 radical (unpaired) electrons. The van der Waals surface area contributed by atoms with Gasteiger partial charge in [0.1, 0.15) is 0 Å². The number of halogens is 1. The van der Waals surface area contributed by atoms with Crippen molar-refractivity contribution >= 4 is 45.6 Å². The molecule has 3 N–H and O–H groups in total. The van der Waals surface area contributed by atoms with Gasteiger partial charge >= 0.3 is 0 Å². The van der Waals surface area contributed by atoms with E-state index >= 15 is 0 Å². The molecule has 0 saturated carbocycles. The molecule has 0 unspecified atom stereocenters. The average molecular weight is 501 g/mol. The van der Waals surface area contributed by atoms with Gasteiger partial charge in [0.25, 0.3) is 5.69 Å². The van der Waals surface area contributed by atoms with Crippen LogP contribution in [0.3, 0.4) is 0 Å². The van der Waals surface area contributed by atoms with E-state index in [4.69, 9.17) is 4.74 Å². The third-order valence-corrected chi connectivity index (χ3v) is 4.55. The third-order valence-electron chi connectivity index (χ3n) is 3.09. The molecule has 10 nitrogen and oxygen atoms in total. The summed E-state index contributed by atoms with van der Waals surface area (Å²) in [5, 5.41) is 16.8. The number of aliphatic imine (C=N–C) groups is 1. The number of non-ortho nitro benzene ring substituents is 1. The van der Waals surface area contributed by atoms with E-state index in [1.54, 1.807) is 14.2 Å². The first-order valence-electron chi connectivity index (χ1n) is 7.58. The summed E-state index contributed by atoms with van der Waals surface area (Å²) < 4.78 is 31.6. The van der Waals surface area contributed by atoms with Crippen LogP contribution in [0.25, 0.3) is 0 Å². The molecule has 26 heavy (non-hydrogen) atoms. The van der Waals surface area contributed by atoms with Crippen LogP contribution in [0.5, 0.6) is 0 Å². The van der Waals surface area contributed by atoms with Crippen LogP contribution >= 0.6 is 24.0 Å². The molecular formula is C14H24IN5O5S. The van der Waals surface area contributed by atoms with Gasteiger partial charge in [0.2, 0.25) is 10.0 Å². The van der Waals surface area contributed by atoms with Gasteiger partial charge in [-0.1, -0.05) is 6.07 Å².